The Morgan fingerprint density at radius 1 is 0.688 bits per heavy atom. The van der Waals surface area contributed by atoms with Gasteiger partial charge in [0.25, 0.3) is 20.0 Å². The molecule has 1 aliphatic heterocycles. The fraction of sp³-hybridized carbons (Fsp3) is 0.143. The number of nitrogens with one attached hydrogen (secondary N) is 2. The first-order chi connectivity index (χ1) is 15.2. The lowest BCUT2D eigenvalue weighted by atomic mass is 10.3. The topological polar surface area (TPSA) is 111 Å². The average Bonchev–Trinajstić information content (AvgIpc) is 3.00. The fourth-order valence-corrected chi connectivity index (χ4v) is 5.14. The molecule has 0 atom stereocenters. The Morgan fingerprint density at radius 2 is 1.25 bits per heavy atom. The minimum Gasteiger partial charge on any atom is -0.490 e. The fourth-order valence-electron chi connectivity index (χ4n) is 2.98. The van der Waals surface area contributed by atoms with Crippen molar-refractivity contribution in [2.24, 2.45) is 0 Å². The SMILES string of the molecule is O=S(=O)(Nc1ccc(NS(=O)(=O)c2ccc3c(c2)OCCCO3)cc1)c1cccc(F)c1. The summed E-state index contributed by atoms with van der Waals surface area (Å²) in [7, 11) is -7.91. The first kappa shape index (κ1) is 21.9. The molecule has 0 bridgehead atoms. The lowest BCUT2D eigenvalue weighted by Gasteiger charge is -2.12. The molecule has 0 unspecified atom stereocenters. The third-order valence-electron chi connectivity index (χ3n) is 4.52. The van der Waals surface area contributed by atoms with Gasteiger partial charge in [-0.1, -0.05) is 6.07 Å². The number of benzene rings is 3. The minimum atomic E-state index is -3.99. The van der Waals surface area contributed by atoms with Crippen molar-refractivity contribution < 1.29 is 30.7 Å². The van der Waals surface area contributed by atoms with Crippen LogP contribution in [-0.2, 0) is 20.0 Å². The van der Waals surface area contributed by atoms with Crippen LogP contribution in [0.5, 0.6) is 11.5 Å². The van der Waals surface area contributed by atoms with Crippen LogP contribution in [0.4, 0.5) is 15.8 Å². The second-order valence-electron chi connectivity index (χ2n) is 6.90. The summed E-state index contributed by atoms with van der Waals surface area (Å²) in [6, 6.07) is 14.6. The van der Waals surface area contributed by atoms with Crippen molar-refractivity contribution in [1.29, 1.82) is 0 Å². The number of ether oxygens (including phenoxy) is 2. The van der Waals surface area contributed by atoms with Gasteiger partial charge in [-0.3, -0.25) is 9.44 Å². The van der Waals surface area contributed by atoms with Crippen molar-refractivity contribution in [2.75, 3.05) is 22.7 Å². The Labute approximate surface area is 185 Å². The second-order valence-corrected chi connectivity index (χ2v) is 10.3. The molecule has 0 saturated carbocycles. The molecule has 0 radical (unpaired) electrons. The van der Waals surface area contributed by atoms with E-state index in [1.807, 2.05) is 0 Å². The van der Waals surface area contributed by atoms with Crippen molar-refractivity contribution in [3.05, 3.63) is 72.5 Å². The van der Waals surface area contributed by atoms with Gasteiger partial charge in [0.05, 0.1) is 23.0 Å². The summed E-state index contributed by atoms with van der Waals surface area (Å²) in [6.45, 7) is 0.920. The zero-order valence-electron chi connectivity index (χ0n) is 16.6. The highest BCUT2D eigenvalue weighted by Gasteiger charge is 2.19. The largest absolute Gasteiger partial charge is 0.490 e. The monoisotopic (exact) mass is 478 g/mol. The molecule has 0 aromatic heterocycles. The molecule has 32 heavy (non-hydrogen) atoms. The first-order valence-electron chi connectivity index (χ1n) is 9.54. The van der Waals surface area contributed by atoms with Crippen LogP contribution in [0.3, 0.4) is 0 Å². The molecular formula is C21H19FN2O6S2. The molecule has 3 aromatic rings. The quantitative estimate of drug-likeness (QED) is 0.560. The standard InChI is InChI=1S/C21H19FN2O6S2/c22-15-3-1-4-18(13-15)31(25,26)23-16-5-7-17(8-6-16)24-32(27,28)19-9-10-20-21(14-19)30-12-2-11-29-20/h1,3-10,13-14,23-24H,2,11-12H2. The van der Waals surface area contributed by atoms with Gasteiger partial charge in [0.2, 0.25) is 0 Å². The highest BCUT2D eigenvalue weighted by atomic mass is 32.2. The zero-order chi connectivity index (χ0) is 22.8. The van der Waals surface area contributed by atoms with E-state index in [9.17, 15) is 21.2 Å². The Hall–Kier alpha value is -3.31. The van der Waals surface area contributed by atoms with Crippen molar-refractivity contribution in [3.63, 3.8) is 0 Å². The van der Waals surface area contributed by atoms with Gasteiger partial charge >= 0.3 is 0 Å². The van der Waals surface area contributed by atoms with Gasteiger partial charge < -0.3 is 9.47 Å². The average molecular weight is 479 g/mol. The molecule has 4 rings (SSSR count). The molecule has 3 aromatic carbocycles. The maximum atomic E-state index is 13.3. The van der Waals surface area contributed by atoms with Crippen LogP contribution in [0.2, 0.25) is 0 Å². The summed E-state index contributed by atoms with van der Waals surface area (Å²) in [5.41, 5.74) is 0.415. The van der Waals surface area contributed by atoms with E-state index in [4.69, 9.17) is 9.47 Å². The van der Waals surface area contributed by atoms with Crippen molar-refractivity contribution in [2.45, 2.75) is 16.2 Å². The molecule has 0 fully saturated rings. The number of rotatable bonds is 6. The number of anilines is 2. The van der Waals surface area contributed by atoms with E-state index < -0.39 is 25.9 Å². The number of hydrogen-bond donors (Lipinski definition) is 2. The molecule has 0 amide bonds. The molecule has 0 saturated heterocycles. The summed E-state index contributed by atoms with van der Waals surface area (Å²) < 4.78 is 79.4. The Morgan fingerprint density at radius 3 is 1.84 bits per heavy atom. The van der Waals surface area contributed by atoms with E-state index in [1.54, 1.807) is 6.07 Å². The minimum absolute atomic E-state index is 0.00219. The number of halogens is 1. The van der Waals surface area contributed by atoms with Crippen LogP contribution in [0.1, 0.15) is 6.42 Å². The Kier molecular flexibility index (Phi) is 5.94. The van der Waals surface area contributed by atoms with Gasteiger partial charge in [0.1, 0.15) is 5.82 Å². The highest BCUT2D eigenvalue weighted by molar-refractivity contribution is 7.93. The third-order valence-corrected chi connectivity index (χ3v) is 7.28. The summed E-state index contributed by atoms with van der Waals surface area (Å²) in [4.78, 5) is -0.227. The van der Waals surface area contributed by atoms with Gasteiger partial charge in [0, 0.05) is 23.9 Å². The van der Waals surface area contributed by atoms with Gasteiger partial charge in [-0.2, -0.15) is 0 Å². The predicted molar refractivity (Wildman–Crippen MR) is 117 cm³/mol. The smallest absolute Gasteiger partial charge is 0.262 e. The van der Waals surface area contributed by atoms with Crippen LogP contribution in [0.25, 0.3) is 0 Å². The van der Waals surface area contributed by atoms with E-state index in [0.717, 1.165) is 12.1 Å². The van der Waals surface area contributed by atoms with E-state index in [-0.39, 0.29) is 21.2 Å². The van der Waals surface area contributed by atoms with E-state index in [1.165, 1.54) is 48.5 Å². The molecule has 1 heterocycles. The summed E-state index contributed by atoms with van der Waals surface area (Å²) in [6.07, 6.45) is 0.699. The molecule has 168 valence electrons. The number of hydrogen-bond acceptors (Lipinski definition) is 6. The number of fused-ring (bicyclic) bond motifs is 1. The summed E-state index contributed by atoms with van der Waals surface area (Å²) in [5.74, 6) is 0.163. The van der Waals surface area contributed by atoms with Crippen LogP contribution in [-0.4, -0.2) is 30.0 Å². The molecule has 0 spiro atoms. The lowest BCUT2D eigenvalue weighted by molar-refractivity contribution is 0.297. The highest BCUT2D eigenvalue weighted by Crippen LogP contribution is 2.32. The van der Waals surface area contributed by atoms with Gasteiger partial charge in [-0.15, -0.1) is 0 Å². The normalized spacial score (nSPS) is 13.8. The molecule has 0 aliphatic carbocycles. The molecule has 11 heteroatoms. The maximum absolute atomic E-state index is 13.3. The molecule has 1 aliphatic rings. The van der Waals surface area contributed by atoms with Gasteiger partial charge in [-0.05, 0) is 54.6 Å². The maximum Gasteiger partial charge on any atom is 0.262 e. The van der Waals surface area contributed by atoms with Crippen LogP contribution < -0.4 is 18.9 Å². The summed E-state index contributed by atoms with van der Waals surface area (Å²) in [5, 5.41) is 0. The third kappa shape index (κ3) is 4.94. The summed E-state index contributed by atoms with van der Waals surface area (Å²) >= 11 is 0. The van der Waals surface area contributed by atoms with Crippen LogP contribution in [0, 0.1) is 5.82 Å². The lowest BCUT2D eigenvalue weighted by Crippen LogP contribution is -2.14. The van der Waals surface area contributed by atoms with Crippen LogP contribution in [0.15, 0.2) is 76.5 Å². The van der Waals surface area contributed by atoms with Gasteiger partial charge in [0.15, 0.2) is 11.5 Å². The first-order valence-corrected chi connectivity index (χ1v) is 12.5. The zero-order valence-corrected chi connectivity index (χ0v) is 18.2. The van der Waals surface area contributed by atoms with Crippen molar-refractivity contribution in [3.8, 4) is 11.5 Å². The van der Waals surface area contributed by atoms with E-state index in [0.29, 0.717) is 31.1 Å². The Bertz CT molecular complexity index is 1340. The van der Waals surface area contributed by atoms with E-state index >= 15 is 0 Å². The van der Waals surface area contributed by atoms with Crippen LogP contribution >= 0.6 is 0 Å². The van der Waals surface area contributed by atoms with Gasteiger partial charge in [-0.25, -0.2) is 21.2 Å². The van der Waals surface area contributed by atoms with E-state index in [2.05, 4.69) is 9.44 Å². The van der Waals surface area contributed by atoms with Crippen molar-refractivity contribution in [1.82, 2.24) is 0 Å². The predicted octanol–water partition coefficient (Wildman–Crippen LogP) is 3.59. The molecule has 2 N–H and O–H groups in total. The number of sulfonamides is 2. The molecule has 8 nitrogen and oxygen atoms in total. The second kappa shape index (κ2) is 8.67. The van der Waals surface area contributed by atoms with Crippen molar-refractivity contribution >= 4 is 31.4 Å². The Balaban J connectivity index is 1.49. The molecular weight excluding hydrogens is 459 g/mol.